The second-order valence-corrected chi connectivity index (χ2v) is 6.37. The van der Waals surface area contributed by atoms with Crippen molar-refractivity contribution in [2.24, 2.45) is 0 Å². The number of hydrogen-bond acceptors (Lipinski definition) is 7. The Morgan fingerprint density at radius 2 is 1.79 bits per heavy atom. The number of aryl methyl sites for hydroxylation is 1. The molecular weight excluding hydrogens is 366 g/mol. The fourth-order valence-corrected chi connectivity index (χ4v) is 3.29. The van der Waals surface area contributed by atoms with Gasteiger partial charge < -0.3 is 13.9 Å². The molecule has 0 unspecified atom stereocenters. The van der Waals surface area contributed by atoms with Gasteiger partial charge in [-0.15, -0.1) is 0 Å². The SMILES string of the molecule is O=C(COc1ccc2c3c(c(=O)oc2c1)CCC3)Oc1ccc([N+](=O)[O-])cc1. The zero-order valence-electron chi connectivity index (χ0n) is 14.7. The Morgan fingerprint density at radius 3 is 2.54 bits per heavy atom. The molecule has 0 amide bonds. The van der Waals surface area contributed by atoms with E-state index in [0.717, 1.165) is 35.8 Å². The number of nitro benzene ring substituents is 1. The smallest absolute Gasteiger partial charge is 0.349 e. The van der Waals surface area contributed by atoms with Gasteiger partial charge in [0.05, 0.1) is 4.92 Å². The Labute approximate surface area is 158 Å². The van der Waals surface area contributed by atoms with Crippen molar-refractivity contribution in [3.8, 4) is 11.5 Å². The number of hydrogen-bond donors (Lipinski definition) is 0. The number of carbonyl (C=O) groups is 1. The Balaban J connectivity index is 1.43. The summed E-state index contributed by atoms with van der Waals surface area (Å²) in [6.45, 7) is -0.363. The average Bonchev–Trinajstić information content (AvgIpc) is 3.17. The summed E-state index contributed by atoms with van der Waals surface area (Å²) in [6.07, 6.45) is 2.52. The Kier molecular flexibility index (Phi) is 4.52. The highest BCUT2D eigenvalue weighted by Crippen LogP contribution is 2.29. The molecule has 3 aromatic rings. The van der Waals surface area contributed by atoms with Gasteiger partial charge in [0, 0.05) is 29.1 Å². The standard InChI is InChI=1S/C20H15NO7/c22-19(27-13-6-4-12(5-7-13)21(24)25)11-26-14-8-9-16-15-2-1-3-17(15)20(23)28-18(16)10-14/h4-10H,1-3,11H2. The summed E-state index contributed by atoms with van der Waals surface area (Å²) >= 11 is 0. The van der Waals surface area contributed by atoms with Crippen LogP contribution < -0.4 is 15.1 Å². The van der Waals surface area contributed by atoms with Gasteiger partial charge in [0.25, 0.3) is 5.69 Å². The highest BCUT2D eigenvalue weighted by molar-refractivity contribution is 5.83. The third kappa shape index (κ3) is 3.44. The molecule has 0 bridgehead atoms. The van der Waals surface area contributed by atoms with Gasteiger partial charge in [0.15, 0.2) is 6.61 Å². The summed E-state index contributed by atoms with van der Waals surface area (Å²) in [6, 6.07) is 10.3. The second-order valence-electron chi connectivity index (χ2n) is 6.37. The largest absolute Gasteiger partial charge is 0.482 e. The van der Waals surface area contributed by atoms with Crippen LogP contribution in [0.25, 0.3) is 11.0 Å². The number of nitrogens with zero attached hydrogens (tertiary/aromatic N) is 1. The van der Waals surface area contributed by atoms with Crippen molar-refractivity contribution in [1.29, 1.82) is 0 Å². The molecule has 0 spiro atoms. The van der Waals surface area contributed by atoms with Crippen LogP contribution in [0.2, 0.25) is 0 Å². The quantitative estimate of drug-likeness (QED) is 0.219. The molecule has 0 radical (unpaired) electrons. The van der Waals surface area contributed by atoms with E-state index in [9.17, 15) is 19.7 Å². The molecule has 1 aromatic heterocycles. The van der Waals surface area contributed by atoms with E-state index in [1.165, 1.54) is 24.3 Å². The summed E-state index contributed by atoms with van der Waals surface area (Å²) in [5.41, 5.74) is 1.77. The maximum absolute atomic E-state index is 12.0. The number of non-ortho nitro benzene ring substituents is 1. The summed E-state index contributed by atoms with van der Waals surface area (Å²) in [5, 5.41) is 11.5. The van der Waals surface area contributed by atoms with Crippen LogP contribution >= 0.6 is 0 Å². The molecule has 2 aromatic carbocycles. The number of ether oxygens (including phenoxy) is 2. The number of nitro groups is 1. The van der Waals surface area contributed by atoms with Crippen molar-refractivity contribution in [1.82, 2.24) is 0 Å². The average molecular weight is 381 g/mol. The molecule has 1 aliphatic rings. The topological polar surface area (TPSA) is 109 Å². The summed E-state index contributed by atoms with van der Waals surface area (Å²) in [4.78, 5) is 34.1. The normalized spacial score (nSPS) is 12.6. The van der Waals surface area contributed by atoms with Crippen LogP contribution in [0.5, 0.6) is 11.5 Å². The van der Waals surface area contributed by atoms with Crippen LogP contribution in [0.4, 0.5) is 5.69 Å². The molecule has 0 aliphatic heterocycles. The minimum absolute atomic E-state index is 0.0970. The third-order valence-corrected chi connectivity index (χ3v) is 4.58. The van der Waals surface area contributed by atoms with Gasteiger partial charge in [-0.3, -0.25) is 10.1 Å². The first-order valence-corrected chi connectivity index (χ1v) is 8.68. The second kappa shape index (κ2) is 7.15. The lowest BCUT2D eigenvalue weighted by Gasteiger charge is -2.08. The van der Waals surface area contributed by atoms with Crippen molar-refractivity contribution in [2.45, 2.75) is 19.3 Å². The number of esters is 1. The molecular formula is C20H15NO7. The molecule has 4 rings (SSSR count). The van der Waals surface area contributed by atoms with Crippen LogP contribution in [0, 0.1) is 10.1 Å². The lowest BCUT2D eigenvalue weighted by Crippen LogP contribution is -2.17. The first-order chi connectivity index (χ1) is 13.5. The maximum atomic E-state index is 12.0. The van der Waals surface area contributed by atoms with E-state index in [0.29, 0.717) is 11.3 Å². The molecule has 0 N–H and O–H groups in total. The summed E-state index contributed by atoms with van der Waals surface area (Å²) in [5.74, 6) is -0.113. The molecule has 1 aliphatic carbocycles. The van der Waals surface area contributed by atoms with Crippen LogP contribution in [0.15, 0.2) is 51.7 Å². The van der Waals surface area contributed by atoms with E-state index in [-0.39, 0.29) is 23.7 Å². The van der Waals surface area contributed by atoms with Crippen LogP contribution in [-0.2, 0) is 17.6 Å². The first-order valence-electron chi connectivity index (χ1n) is 8.68. The van der Waals surface area contributed by atoms with Gasteiger partial charge in [0.2, 0.25) is 0 Å². The summed E-state index contributed by atoms with van der Waals surface area (Å²) < 4.78 is 15.9. The number of rotatable bonds is 5. The van der Waals surface area contributed by atoms with Gasteiger partial charge in [-0.2, -0.15) is 0 Å². The van der Waals surface area contributed by atoms with Crippen molar-refractivity contribution in [2.75, 3.05) is 6.61 Å². The predicted molar refractivity (Wildman–Crippen MR) is 98.7 cm³/mol. The Hall–Kier alpha value is -3.68. The zero-order chi connectivity index (χ0) is 19.7. The minimum atomic E-state index is -0.663. The van der Waals surface area contributed by atoms with Crippen molar-refractivity contribution in [3.63, 3.8) is 0 Å². The van der Waals surface area contributed by atoms with Gasteiger partial charge in [-0.25, -0.2) is 9.59 Å². The highest BCUT2D eigenvalue weighted by Gasteiger charge is 2.19. The molecule has 1 heterocycles. The zero-order valence-corrected chi connectivity index (χ0v) is 14.7. The number of benzene rings is 2. The van der Waals surface area contributed by atoms with Crippen LogP contribution in [-0.4, -0.2) is 17.5 Å². The van der Waals surface area contributed by atoms with Crippen molar-refractivity contribution >= 4 is 22.6 Å². The van der Waals surface area contributed by atoms with Crippen LogP contribution in [0.1, 0.15) is 17.5 Å². The van der Waals surface area contributed by atoms with E-state index >= 15 is 0 Å². The molecule has 0 saturated carbocycles. The predicted octanol–water partition coefficient (Wildman–Crippen LogP) is 3.17. The Morgan fingerprint density at radius 1 is 1.07 bits per heavy atom. The number of fused-ring (bicyclic) bond motifs is 3. The highest BCUT2D eigenvalue weighted by atomic mass is 16.6. The van der Waals surface area contributed by atoms with Gasteiger partial charge >= 0.3 is 11.6 Å². The van der Waals surface area contributed by atoms with Gasteiger partial charge in [0.1, 0.15) is 17.1 Å². The first kappa shape index (κ1) is 17.7. The fraction of sp³-hybridized carbons (Fsp3) is 0.200. The third-order valence-electron chi connectivity index (χ3n) is 4.58. The molecule has 28 heavy (non-hydrogen) atoms. The van der Waals surface area contributed by atoms with Crippen molar-refractivity contribution in [3.05, 3.63) is 74.1 Å². The van der Waals surface area contributed by atoms with E-state index < -0.39 is 10.9 Å². The van der Waals surface area contributed by atoms with Gasteiger partial charge in [-0.1, -0.05) is 0 Å². The van der Waals surface area contributed by atoms with E-state index in [1.807, 2.05) is 6.07 Å². The lowest BCUT2D eigenvalue weighted by atomic mass is 10.1. The lowest BCUT2D eigenvalue weighted by molar-refractivity contribution is -0.384. The van der Waals surface area contributed by atoms with Crippen LogP contribution in [0.3, 0.4) is 0 Å². The molecule has 8 heteroatoms. The molecule has 142 valence electrons. The molecule has 8 nitrogen and oxygen atoms in total. The van der Waals surface area contributed by atoms with E-state index in [4.69, 9.17) is 13.9 Å². The maximum Gasteiger partial charge on any atom is 0.349 e. The number of carbonyl (C=O) groups excluding carboxylic acids is 1. The minimum Gasteiger partial charge on any atom is -0.482 e. The molecule has 0 atom stereocenters. The molecule has 0 saturated heterocycles. The Bertz CT molecular complexity index is 1130. The summed E-state index contributed by atoms with van der Waals surface area (Å²) in [7, 11) is 0. The van der Waals surface area contributed by atoms with Crippen molar-refractivity contribution < 1.29 is 23.6 Å². The fourth-order valence-electron chi connectivity index (χ4n) is 3.29. The molecule has 0 fully saturated rings. The van der Waals surface area contributed by atoms with E-state index in [2.05, 4.69) is 0 Å². The van der Waals surface area contributed by atoms with Gasteiger partial charge in [-0.05, 0) is 49.1 Å². The monoisotopic (exact) mass is 381 g/mol. The van der Waals surface area contributed by atoms with E-state index in [1.54, 1.807) is 12.1 Å².